The Morgan fingerprint density at radius 3 is 2.50 bits per heavy atom. The summed E-state index contributed by atoms with van der Waals surface area (Å²) in [6.45, 7) is 0.588. The molecule has 1 unspecified atom stereocenters. The standard InChI is InChI=1S/C16H17F3N2O/c17-16(18,19)13-5-1-11(2-6-13)7-9-21-10-8-20-15(21)14(22)12-3-4-12/h1-2,5-6,8,10,12,14,22H,3-4,7,9H2. The van der Waals surface area contributed by atoms with Crippen molar-refractivity contribution in [2.45, 2.75) is 38.1 Å². The Bertz CT molecular complexity index is 630. The maximum atomic E-state index is 12.5. The summed E-state index contributed by atoms with van der Waals surface area (Å²) in [5, 5.41) is 10.1. The third kappa shape index (κ3) is 3.32. The first-order valence-corrected chi connectivity index (χ1v) is 7.30. The van der Waals surface area contributed by atoms with E-state index in [2.05, 4.69) is 4.98 Å². The van der Waals surface area contributed by atoms with Gasteiger partial charge in [0.15, 0.2) is 0 Å². The number of aryl methyl sites for hydroxylation is 2. The van der Waals surface area contributed by atoms with E-state index in [0.717, 1.165) is 30.5 Å². The molecule has 1 N–H and O–H groups in total. The minimum Gasteiger partial charge on any atom is -0.385 e. The van der Waals surface area contributed by atoms with Crippen molar-refractivity contribution in [1.29, 1.82) is 0 Å². The summed E-state index contributed by atoms with van der Waals surface area (Å²) in [6.07, 6.45) is 1.24. The van der Waals surface area contributed by atoms with Gasteiger partial charge in [0.05, 0.1) is 5.56 Å². The van der Waals surface area contributed by atoms with Crippen molar-refractivity contribution < 1.29 is 18.3 Å². The van der Waals surface area contributed by atoms with Crippen molar-refractivity contribution in [3.05, 3.63) is 53.6 Å². The van der Waals surface area contributed by atoms with Gasteiger partial charge in [0.2, 0.25) is 0 Å². The van der Waals surface area contributed by atoms with E-state index >= 15 is 0 Å². The zero-order chi connectivity index (χ0) is 15.7. The smallest absolute Gasteiger partial charge is 0.385 e. The van der Waals surface area contributed by atoms with Crippen LogP contribution in [-0.2, 0) is 19.1 Å². The van der Waals surface area contributed by atoms with Gasteiger partial charge in [0.25, 0.3) is 0 Å². The lowest BCUT2D eigenvalue weighted by Crippen LogP contribution is -2.11. The van der Waals surface area contributed by atoms with Crippen LogP contribution in [0.3, 0.4) is 0 Å². The number of aromatic nitrogens is 2. The van der Waals surface area contributed by atoms with E-state index in [1.807, 2.05) is 4.57 Å². The Morgan fingerprint density at radius 1 is 1.23 bits per heavy atom. The molecule has 1 aliphatic rings. The molecular weight excluding hydrogens is 293 g/mol. The first kappa shape index (κ1) is 15.1. The zero-order valence-electron chi connectivity index (χ0n) is 11.9. The molecule has 1 atom stereocenters. The second kappa shape index (κ2) is 5.76. The SMILES string of the molecule is OC(c1nccn1CCc1ccc(C(F)(F)F)cc1)C1CC1. The number of nitrogens with zero attached hydrogens (tertiary/aromatic N) is 2. The highest BCUT2D eigenvalue weighted by Gasteiger charge is 2.33. The average Bonchev–Trinajstić information content (AvgIpc) is 3.22. The molecule has 1 saturated carbocycles. The largest absolute Gasteiger partial charge is 0.416 e. The molecule has 22 heavy (non-hydrogen) atoms. The van der Waals surface area contributed by atoms with Crippen LogP contribution in [0.25, 0.3) is 0 Å². The number of hydrogen-bond acceptors (Lipinski definition) is 2. The molecule has 3 rings (SSSR count). The molecule has 0 saturated heterocycles. The topological polar surface area (TPSA) is 38.1 Å². The van der Waals surface area contributed by atoms with Crippen LogP contribution in [0.4, 0.5) is 13.2 Å². The number of hydrogen-bond donors (Lipinski definition) is 1. The monoisotopic (exact) mass is 310 g/mol. The highest BCUT2D eigenvalue weighted by Crippen LogP contribution is 2.40. The number of aliphatic hydroxyl groups excluding tert-OH is 1. The lowest BCUT2D eigenvalue weighted by atomic mass is 10.1. The zero-order valence-corrected chi connectivity index (χ0v) is 11.9. The predicted molar refractivity (Wildman–Crippen MR) is 75.1 cm³/mol. The van der Waals surface area contributed by atoms with E-state index in [-0.39, 0.29) is 0 Å². The van der Waals surface area contributed by atoms with Gasteiger partial charge in [-0.25, -0.2) is 4.98 Å². The first-order valence-electron chi connectivity index (χ1n) is 7.30. The molecule has 2 aromatic rings. The molecule has 1 fully saturated rings. The van der Waals surface area contributed by atoms with E-state index in [0.29, 0.717) is 24.7 Å². The van der Waals surface area contributed by atoms with Crippen molar-refractivity contribution in [2.75, 3.05) is 0 Å². The Balaban J connectivity index is 1.64. The van der Waals surface area contributed by atoms with Crippen LogP contribution in [-0.4, -0.2) is 14.7 Å². The van der Waals surface area contributed by atoms with E-state index < -0.39 is 17.8 Å². The van der Waals surface area contributed by atoms with Crippen LogP contribution in [0.2, 0.25) is 0 Å². The summed E-state index contributed by atoms with van der Waals surface area (Å²) in [4.78, 5) is 4.20. The molecule has 0 amide bonds. The van der Waals surface area contributed by atoms with Crippen molar-refractivity contribution in [3.8, 4) is 0 Å². The van der Waals surface area contributed by atoms with Gasteiger partial charge in [0, 0.05) is 18.9 Å². The normalized spacial score (nSPS) is 16.7. The summed E-state index contributed by atoms with van der Waals surface area (Å²) >= 11 is 0. The molecule has 0 bridgehead atoms. The molecule has 118 valence electrons. The highest BCUT2D eigenvalue weighted by molar-refractivity contribution is 5.24. The lowest BCUT2D eigenvalue weighted by molar-refractivity contribution is -0.137. The summed E-state index contributed by atoms with van der Waals surface area (Å²) < 4.78 is 39.4. The Hall–Kier alpha value is -1.82. The number of rotatable bonds is 5. The first-order chi connectivity index (χ1) is 10.4. The highest BCUT2D eigenvalue weighted by atomic mass is 19.4. The second-order valence-corrected chi connectivity index (χ2v) is 5.71. The molecular formula is C16H17F3N2O. The molecule has 3 nitrogen and oxygen atoms in total. The van der Waals surface area contributed by atoms with Crippen LogP contribution in [0, 0.1) is 5.92 Å². The summed E-state index contributed by atoms with van der Waals surface area (Å²) in [7, 11) is 0. The summed E-state index contributed by atoms with van der Waals surface area (Å²) in [5.74, 6) is 0.946. The fraction of sp³-hybridized carbons (Fsp3) is 0.438. The second-order valence-electron chi connectivity index (χ2n) is 5.71. The molecule has 0 spiro atoms. The number of alkyl halides is 3. The Morgan fingerprint density at radius 2 is 1.91 bits per heavy atom. The van der Waals surface area contributed by atoms with Gasteiger partial charge >= 0.3 is 6.18 Å². The molecule has 1 aliphatic carbocycles. The molecule has 1 heterocycles. The minimum absolute atomic E-state index is 0.298. The van der Waals surface area contributed by atoms with Gasteiger partial charge in [-0.05, 0) is 42.9 Å². The Kier molecular flexibility index (Phi) is 3.95. The average molecular weight is 310 g/mol. The van der Waals surface area contributed by atoms with Crippen LogP contribution < -0.4 is 0 Å². The van der Waals surface area contributed by atoms with Crippen LogP contribution in [0.15, 0.2) is 36.7 Å². The number of imidazole rings is 1. The van der Waals surface area contributed by atoms with Crippen molar-refractivity contribution in [2.24, 2.45) is 5.92 Å². The number of halogens is 3. The van der Waals surface area contributed by atoms with E-state index in [9.17, 15) is 18.3 Å². The van der Waals surface area contributed by atoms with Gasteiger partial charge in [-0.1, -0.05) is 12.1 Å². The minimum atomic E-state index is -4.30. The predicted octanol–water partition coefficient (Wildman–Crippen LogP) is 3.59. The number of benzene rings is 1. The van der Waals surface area contributed by atoms with Crippen molar-refractivity contribution in [3.63, 3.8) is 0 Å². The quantitative estimate of drug-likeness (QED) is 0.916. The Labute approximate surface area is 126 Å². The summed E-state index contributed by atoms with van der Waals surface area (Å²) in [6, 6.07) is 5.19. The molecule has 0 radical (unpaired) electrons. The van der Waals surface area contributed by atoms with Crippen molar-refractivity contribution >= 4 is 0 Å². The maximum absolute atomic E-state index is 12.5. The van der Waals surface area contributed by atoms with E-state index in [1.165, 1.54) is 12.1 Å². The van der Waals surface area contributed by atoms with Crippen molar-refractivity contribution in [1.82, 2.24) is 9.55 Å². The van der Waals surface area contributed by atoms with E-state index in [1.54, 1.807) is 12.4 Å². The van der Waals surface area contributed by atoms with Gasteiger partial charge in [0.1, 0.15) is 11.9 Å². The van der Waals surface area contributed by atoms with Gasteiger partial charge < -0.3 is 9.67 Å². The van der Waals surface area contributed by atoms with Crippen LogP contribution in [0.5, 0.6) is 0 Å². The third-order valence-corrected chi connectivity index (χ3v) is 4.00. The summed E-state index contributed by atoms with van der Waals surface area (Å²) in [5.41, 5.74) is 0.192. The van der Waals surface area contributed by atoms with Gasteiger partial charge in [-0.2, -0.15) is 13.2 Å². The molecule has 0 aliphatic heterocycles. The fourth-order valence-corrected chi connectivity index (χ4v) is 2.51. The van der Waals surface area contributed by atoms with E-state index in [4.69, 9.17) is 0 Å². The van der Waals surface area contributed by atoms with Gasteiger partial charge in [-0.3, -0.25) is 0 Å². The fourth-order valence-electron chi connectivity index (χ4n) is 2.51. The van der Waals surface area contributed by atoms with Gasteiger partial charge in [-0.15, -0.1) is 0 Å². The lowest BCUT2D eigenvalue weighted by Gasteiger charge is -2.13. The van der Waals surface area contributed by atoms with Crippen LogP contribution in [0.1, 0.15) is 35.9 Å². The molecule has 1 aromatic heterocycles. The van der Waals surface area contributed by atoms with Crippen LogP contribution >= 0.6 is 0 Å². The molecule has 1 aromatic carbocycles. The number of aliphatic hydroxyl groups is 1. The maximum Gasteiger partial charge on any atom is 0.416 e. The molecule has 6 heteroatoms. The third-order valence-electron chi connectivity index (χ3n) is 4.00.